The summed E-state index contributed by atoms with van der Waals surface area (Å²) in [6, 6.07) is -1.00. The van der Waals surface area contributed by atoms with Gasteiger partial charge in [-0.25, -0.2) is 9.59 Å². The van der Waals surface area contributed by atoms with Gasteiger partial charge in [-0.2, -0.15) is 0 Å². The number of aliphatic carboxylic acids is 1. The van der Waals surface area contributed by atoms with Crippen molar-refractivity contribution < 1.29 is 14.7 Å². The monoisotopic (exact) mass is 316 g/mol. The zero-order valence-electron chi connectivity index (χ0n) is 13.9. The van der Waals surface area contributed by atoms with Crippen LogP contribution in [-0.2, 0) is 4.79 Å². The lowest BCUT2D eigenvalue weighted by molar-refractivity contribution is -0.141. The van der Waals surface area contributed by atoms with E-state index in [0.717, 1.165) is 12.8 Å². The van der Waals surface area contributed by atoms with Gasteiger partial charge in [0.25, 0.3) is 0 Å². The van der Waals surface area contributed by atoms with Gasteiger partial charge in [0.2, 0.25) is 0 Å². The van der Waals surface area contributed by atoms with Gasteiger partial charge in [0.1, 0.15) is 6.04 Å². The summed E-state index contributed by atoms with van der Waals surface area (Å²) in [7, 11) is 0. The lowest BCUT2D eigenvalue weighted by Crippen LogP contribution is -2.56. The van der Waals surface area contributed by atoms with E-state index < -0.39 is 12.0 Å². The topological polar surface area (TPSA) is 69.6 Å². The number of carbonyl (C=O) groups is 2. The van der Waals surface area contributed by atoms with E-state index in [9.17, 15) is 14.7 Å². The Labute approximate surface area is 131 Å². The molecule has 0 spiro atoms. The molecule has 0 aromatic carbocycles. The highest BCUT2D eigenvalue weighted by Crippen LogP contribution is 2.32. The van der Waals surface area contributed by atoms with Crippen LogP contribution in [0.3, 0.4) is 0 Å². The zero-order valence-corrected chi connectivity index (χ0v) is 14.7. The maximum Gasteiger partial charge on any atom is 0.327 e. The number of nitrogens with zero attached hydrogens (tertiary/aromatic N) is 1. The number of carbonyl (C=O) groups excluding carboxylic acids is 1. The van der Waals surface area contributed by atoms with Crippen LogP contribution in [0, 0.1) is 5.41 Å². The molecule has 0 aromatic rings. The molecule has 1 aliphatic rings. The van der Waals surface area contributed by atoms with Gasteiger partial charge in [0.05, 0.1) is 5.37 Å². The van der Waals surface area contributed by atoms with E-state index in [2.05, 4.69) is 26.1 Å². The molecule has 122 valence electrons. The molecule has 0 saturated carbocycles. The Balaban J connectivity index is 2.82. The van der Waals surface area contributed by atoms with Crippen molar-refractivity contribution in [3.05, 3.63) is 0 Å². The van der Waals surface area contributed by atoms with Gasteiger partial charge in [-0.05, 0) is 32.1 Å². The average Bonchev–Trinajstić information content (AvgIpc) is 2.67. The predicted octanol–water partition coefficient (Wildman–Crippen LogP) is 3.15. The summed E-state index contributed by atoms with van der Waals surface area (Å²) in [4.78, 5) is 25.4. The van der Waals surface area contributed by atoms with E-state index in [-0.39, 0.29) is 22.4 Å². The fraction of sp³-hybridized carbons (Fsp3) is 0.867. The quantitative estimate of drug-likeness (QED) is 0.836. The molecule has 1 rings (SSSR count). The van der Waals surface area contributed by atoms with E-state index >= 15 is 0 Å². The van der Waals surface area contributed by atoms with Crippen LogP contribution in [0.25, 0.3) is 0 Å². The average molecular weight is 316 g/mol. The summed E-state index contributed by atoms with van der Waals surface area (Å²) in [5, 5.41) is 12.3. The van der Waals surface area contributed by atoms with Crippen molar-refractivity contribution in [3.63, 3.8) is 0 Å². The number of urea groups is 1. The normalized spacial score (nSPS) is 23.2. The van der Waals surface area contributed by atoms with Crippen LogP contribution in [0.1, 0.15) is 54.4 Å². The van der Waals surface area contributed by atoms with Crippen LogP contribution in [0.2, 0.25) is 0 Å². The largest absolute Gasteiger partial charge is 0.480 e. The van der Waals surface area contributed by atoms with Crippen molar-refractivity contribution in [2.45, 2.75) is 71.3 Å². The number of carboxylic acid groups (broad SMARTS) is 1. The molecule has 21 heavy (non-hydrogen) atoms. The Morgan fingerprint density at radius 1 is 1.29 bits per heavy atom. The number of rotatable bonds is 4. The van der Waals surface area contributed by atoms with Gasteiger partial charge in [0, 0.05) is 11.3 Å². The summed E-state index contributed by atoms with van der Waals surface area (Å²) in [5.41, 5.74) is -0.281. The second kappa shape index (κ2) is 6.46. The third-order valence-electron chi connectivity index (χ3n) is 3.38. The summed E-state index contributed by atoms with van der Waals surface area (Å²) < 4.78 is 0. The number of thioether (sulfide) groups is 1. The third kappa shape index (κ3) is 5.09. The van der Waals surface area contributed by atoms with Crippen molar-refractivity contribution >= 4 is 23.8 Å². The molecule has 5 nitrogen and oxygen atoms in total. The Morgan fingerprint density at radius 3 is 2.29 bits per heavy atom. The lowest BCUT2D eigenvalue weighted by Gasteiger charge is -2.36. The Morgan fingerprint density at radius 2 is 1.86 bits per heavy atom. The highest BCUT2D eigenvalue weighted by atomic mass is 32.2. The van der Waals surface area contributed by atoms with Crippen LogP contribution in [0.15, 0.2) is 0 Å². The minimum absolute atomic E-state index is 0.0588. The highest BCUT2D eigenvalue weighted by molar-refractivity contribution is 8.00. The molecule has 0 aromatic heterocycles. The van der Waals surface area contributed by atoms with E-state index in [0.29, 0.717) is 5.75 Å². The van der Waals surface area contributed by atoms with Gasteiger partial charge < -0.3 is 10.4 Å². The van der Waals surface area contributed by atoms with E-state index in [1.165, 1.54) is 16.7 Å². The van der Waals surface area contributed by atoms with Crippen LogP contribution in [0.5, 0.6) is 0 Å². The first-order valence-corrected chi connectivity index (χ1v) is 8.46. The molecule has 2 N–H and O–H groups in total. The number of hydrogen-bond donors (Lipinski definition) is 2. The summed E-state index contributed by atoms with van der Waals surface area (Å²) in [6.07, 6.45) is 1.57. The Bertz CT molecular complexity index is 404. The number of amides is 2. The SMILES string of the molecule is CCC1SCC(C(=O)O)N1C(=O)NC(C)(C)CC(C)(C)C. The first kappa shape index (κ1) is 18.1. The van der Waals surface area contributed by atoms with E-state index in [4.69, 9.17) is 0 Å². The van der Waals surface area contributed by atoms with E-state index in [1.54, 1.807) is 0 Å². The molecule has 2 unspecified atom stereocenters. The van der Waals surface area contributed by atoms with Gasteiger partial charge in [0.15, 0.2) is 0 Å². The maximum absolute atomic E-state index is 12.6. The molecule has 0 aliphatic carbocycles. The summed E-state index contributed by atoms with van der Waals surface area (Å²) in [6.45, 7) is 12.3. The molecule has 0 radical (unpaired) electrons. The fourth-order valence-corrected chi connectivity index (χ4v) is 4.41. The molecule has 1 fully saturated rings. The van der Waals surface area contributed by atoms with Crippen molar-refractivity contribution in [1.29, 1.82) is 0 Å². The van der Waals surface area contributed by atoms with Crippen molar-refractivity contribution in [2.75, 3.05) is 5.75 Å². The number of carboxylic acids is 1. The standard InChI is InChI=1S/C15H28N2O3S/c1-7-11-17(10(8-21-11)12(18)19)13(20)16-15(5,6)9-14(2,3)4/h10-11H,7-9H2,1-6H3,(H,16,20)(H,18,19). The zero-order chi connectivity index (χ0) is 16.4. The van der Waals surface area contributed by atoms with Crippen LogP contribution < -0.4 is 5.32 Å². The second-order valence-corrected chi connectivity index (χ2v) is 8.72. The predicted molar refractivity (Wildman–Crippen MR) is 86.5 cm³/mol. The van der Waals surface area contributed by atoms with Gasteiger partial charge >= 0.3 is 12.0 Å². The molecule has 1 heterocycles. The van der Waals surface area contributed by atoms with Crippen molar-refractivity contribution in [2.24, 2.45) is 5.41 Å². The lowest BCUT2D eigenvalue weighted by atomic mass is 9.82. The van der Waals surface area contributed by atoms with Gasteiger partial charge in [-0.3, -0.25) is 4.90 Å². The highest BCUT2D eigenvalue weighted by Gasteiger charge is 2.42. The Kier molecular flexibility index (Phi) is 5.58. The molecule has 2 atom stereocenters. The van der Waals surface area contributed by atoms with Crippen LogP contribution >= 0.6 is 11.8 Å². The first-order valence-electron chi connectivity index (χ1n) is 7.42. The maximum atomic E-state index is 12.6. The van der Waals surface area contributed by atoms with E-state index in [1.807, 2.05) is 20.8 Å². The molecule has 0 bridgehead atoms. The third-order valence-corrected chi connectivity index (χ3v) is 4.83. The molecule has 6 heteroatoms. The van der Waals surface area contributed by atoms with Gasteiger partial charge in [-0.1, -0.05) is 27.7 Å². The van der Waals surface area contributed by atoms with Gasteiger partial charge in [-0.15, -0.1) is 11.8 Å². The first-order chi connectivity index (χ1) is 9.47. The molecule has 1 saturated heterocycles. The molecule has 1 aliphatic heterocycles. The van der Waals surface area contributed by atoms with Crippen LogP contribution in [0.4, 0.5) is 4.79 Å². The Hall–Kier alpha value is -0.910. The smallest absolute Gasteiger partial charge is 0.327 e. The van der Waals surface area contributed by atoms with Crippen LogP contribution in [-0.4, -0.2) is 44.7 Å². The second-order valence-electron chi connectivity index (χ2n) is 7.51. The minimum atomic E-state index is -0.928. The van der Waals surface area contributed by atoms with Crippen molar-refractivity contribution in [1.82, 2.24) is 10.2 Å². The number of nitrogens with one attached hydrogen (secondary N) is 1. The minimum Gasteiger partial charge on any atom is -0.480 e. The fourth-order valence-electron chi connectivity index (χ4n) is 3.06. The molecular formula is C15H28N2O3S. The molecular weight excluding hydrogens is 288 g/mol. The molecule has 2 amide bonds. The summed E-state index contributed by atoms with van der Waals surface area (Å²) in [5.74, 6) is -0.469. The number of hydrogen-bond acceptors (Lipinski definition) is 3. The van der Waals surface area contributed by atoms with Crippen molar-refractivity contribution in [3.8, 4) is 0 Å². The summed E-state index contributed by atoms with van der Waals surface area (Å²) >= 11 is 1.54.